The number of hydrogen-bond donors (Lipinski definition) is 1. The van der Waals surface area contributed by atoms with Gasteiger partial charge in [0.25, 0.3) is 0 Å². The van der Waals surface area contributed by atoms with E-state index in [2.05, 4.69) is 26.1 Å². The Balaban J connectivity index is 2.76. The van der Waals surface area contributed by atoms with Gasteiger partial charge in [0.1, 0.15) is 5.75 Å². The van der Waals surface area contributed by atoms with Crippen molar-refractivity contribution in [3.8, 4) is 5.75 Å². The van der Waals surface area contributed by atoms with Crippen LogP contribution in [0.2, 0.25) is 0 Å². The molecule has 0 bridgehead atoms. The summed E-state index contributed by atoms with van der Waals surface area (Å²) in [5.41, 5.74) is 1.99. The first-order valence-electron chi connectivity index (χ1n) is 3.92. The predicted molar refractivity (Wildman–Crippen MR) is 55.3 cm³/mol. The highest BCUT2D eigenvalue weighted by molar-refractivity contribution is 9.08. The van der Waals surface area contributed by atoms with Crippen LogP contribution in [0, 0.1) is 0 Å². The van der Waals surface area contributed by atoms with Crippen LogP contribution in [0.15, 0.2) is 18.2 Å². The molecule has 0 aliphatic rings. The van der Waals surface area contributed by atoms with Crippen LogP contribution < -0.4 is 4.74 Å². The molecule has 0 saturated carbocycles. The molecule has 1 heterocycles. The van der Waals surface area contributed by atoms with Gasteiger partial charge in [-0.05, 0) is 12.1 Å². The summed E-state index contributed by atoms with van der Waals surface area (Å²) in [7, 11) is 1.67. The van der Waals surface area contributed by atoms with E-state index >= 15 is 0 Å². The van der Waals surface area contributed by atoms with Gasteiger partial charge in [0, 0.05) is 5.33 Å². The van der Waals surface area contributed by atoms with Crippen LogP contribution >= 0.6 is 15.9 Å². The number of ether oxygens (including phenoxy) is 1. The summed E-state index contributed by atoms with van der Waals surface area (Å²) in [5.74, 6) is 0.862. The van der Waals surface area contributed by atoms with Crippen molar-refractivity contribution in [3.05, 3.63) is 23.9 Å². The molecule has 68 valence electrons. The minimum atomic E-state index is 0.754. The topological polar surface area (TPSA) is 37.9 Å². The van der Waals surface area contributed by atoms with Gasteiger partial charge < -0.3 is 4.74 Å². The fraction of sp³-hybridized carbons (Fsp3) is 0.222. The summed E-state index contributed by atoms with van der Waals surface area (Å²) in [6.07, 6.45) is 0. The number of benzene rings is 1. The standard InChI is InChI=1S/C9H9BrN2O/c1-13-8-4-2-3-6-9(8)7(5-10)12-11-6/h2-4H,5H2,1H3,(H,11,12). The van der Waals surface area contributed by atoms with Crippen molar-refractivity contribution in [2.45, 2.75) is 5.33 Å². The van der Waals surface area contributed by atoms with Gasteiger partial charge in [-0.25, -0.2) is 0 Å². The Kier molecular flexibility index (Phi) is 2.22. The number of alkyl halides is 1. The minimum Gasteiger partial charge on any atom is -0.496 e. The second-order valence-corrected chi connectivity index (χ2v) is 3.25. The first-order chi connectivity index (χ1) is 6.36. The highest BCUT2D eigenvalue weighted by atomic mass is 79.9. The van der Waals surface area contributed by atoms with Crippen LogP contribution in [0.25, 0.3) is 10.9 Å². The second kappa shape index (κ2) is 3.38. The molecular weight excluding hydrogens is 232 g/mol. The third-order valence-corrected chi connectivity index (χ3v) is 2.53. The van der Waals surface area contributed by atoms with Crippen molar-refractivity contribution in [2.24, 2.45) is 0 Å². The number of rotatable bonds is 2. The van der Waals surface area contributed by atoms with Crippen LogP contribution in [0.4, 0.5) is 0 Å². The van der Waals surface area contributed by atoms with E-state index in [9.17, 15) is 0 Å². The highest BCUT2D eigenvalue weighted by Gasteiger charge is 2.08. The summed E-state index contributed by atoms with van der Waals surface area (Å²) < 4.78 is 5.25. The summed E-state index contributed by atoms with van der Waals surface area (Å²) in [5, 5.41) is 8.94. The highest BCUT2D eigenvalue weighted by Crippen LogP contribution is 2.27. The summed E-state index contributed by atoms with van der Waals surface area (Å²) >= 11 is 3.39. The van der Waals surface area contributed by atoms with E-state index in [4.69, 9.17) is 4.74 Å². The van der Waals surface area contributed by atoms with Crippen molar-refractivity contribution < 1.29 is 4.74 Å². The zero-order chi connectivity index (χ0) is 9.26. The number of H-pyrrole nitrogens is 1. The van der Waals surface area contributed by atoms with E-state index < -0.39 is 0 Å². The first kappa shape index (κ1) is 8.56. The van der Waals surface area contributed by atoms with Crippen LogP contribution in [0.1, 0.15) is 5.69 Å². The number of aromatic nitrogens is 2. The van der Waals surface area contributed by atoms with Gasteiger partial charge >= 0.3 is 0 Å². The molecule has 0 unspecified atom stereocenters. The van der Waals surface area contributed by atoms with Gasteiger partial charge in [0.15, 0.2) is 0 Å². The van der Waals surface area contributed by atoms with E-state index in [1.54, 1.807) is 7.11 Å². The molecular formula is C9H9BrN2O. The summed E-state index contributed by atoms with van der Waals surface area (Å²) in [6, 6.07) is 5.82. The molecule has 0 atom stereocenters. The predicted octanol–water partition coefficient (Wildman–Crippen LogP) is 2.47. The lowest BCUT2D eigenvalue weighted by atomic mass is 10.2. The lowest BCUT2D eigenvalue weighted by Gasteiger charge is -2.01. The zero-order valence-corrected chi connectivity index (χ0v) is 8.76. The molecule has 0 aliphatic heterocycles. The Morgan fingerprint density at radius 1 is 1.54 bits per heavy atom. The van der Waals surface area contributed by atoms with Gasteiger partial charge in [-0.15, -0.1) is 0 Å². The van der Waals surface area contributed by atoms with Gasteiger partial charge in [0.2, 0.25) is 0 Å². The Morgan fingerprint density at radius 3 is 3.08 bits per heavy atom. The van der Waals surface area contributed by atoms with E-state index in [0.717, 1.165) is 27.7 Å². The number of nitrogens with one attached hydrogen (secondary N) is 1. The Bertz CT molecular complexity index is 424. The Morgan fingerprint density at radius 2 is 2.38 bits per heavy atom. The maximum Gasteiger partial charge on any atom is 0.130 e. The SMILES string of the molecule is COc1cccc2n[nH]c(CBr)c12. The largest absolute Gasteiger partial charge is 0.496 e. The fourth-order valence-electron chi connectivity index (χ4n) is 1.37. The van der Waals surface area contributed by atoms with Crippen molar-refractivity contribution in [1.29, 1.82) is 0 Å². The molecule has 0 radical (unpaired) electrons. The molecule has 1 aromatic carbocycles. The smallest absolute Gasteiger partial charge is 0.130 e. The fourth-order valence-corrected chi connectivity index (χ4v) is 1.77. The van der Waals surface area contributed by atoms with E-state index in [-0.39, 0.29) is 0 Å². The number of fused-ring (bicyclic) bond motifs is 1. The third-order valence-electron chi connectivity index (χ3n) is 1.97. The molecule has 0 saturated heterocycles. The summed E-state index contributed by atoms with van der Waals surface area (Å²) in [4.78, 5) is 0. The lowest BCUT2D eigenvalue weighted by molar-refractivity contribution is 0.419. The monoisotopic (exact) mass is 240 g/mol. The lowest BCUT2D eigenvalue weighted by Crippen LogP contribution is -1.85. The van der Waals surface area contributed by atoms with Crippen molar-refractivity contribution >= 4 is 26.8 Å². The van der Waals surface area contributed by atoms with Crippen molar-refractivity contribution in [3.63, 3.8) is 0 Å². The molecule has 3 nitrogen and oxygen atoms in total. The average Bonchev–Trinajstić information content (AvgIpc) is 2.60. The van der Waals surface area contributed by atoms with Crippen molar-refractivity contribution in [1.82, 2.24) is 10.2 Å². The number of nitrogens with zero attached hydrogens (tertiary/aromatic N) is 1. The molecule has 1 N–H and O–H groups in total. The van der Waals surface area contributed by atoms with Gasteiger partial charge in [-0.1, -0.05) is 22.0 Å². The average molecular weight is 241 g/mol. The van der Waals surface area contributed by atoms with E-state index in [1.165, 1.54) is 0 Å². The minimum absolute atomic E-state index is 0.754. The Labute approximate surface area is 84.2 Å². The van der Waals surface area contributed by atoms with Crippen molar-refractivity contribution in [2.75, 3.05) is 7.11 Å². The van der Waals surface area contributed by atoms with Crippen LogP contribution in [-0.2, 0) is 5.33 Å². The first-order valence-corrected chi connectivity index (χ1v) is 5.05. The number of hydrogen-bond acceptors (Lipinski definition) is 2. The van der Waals surface area contributed by atoms with Crippen LogP contribution in [0.5, 0.6) is 5.75 Å². The Hall–Kier alpha value is -1.03. The molecule has 0 amide bonds. The quantitative estimate of drug-likeness (QED) is 0.820. The van der Waals surface area contributed by atoms with Gasteiger partial charge in [-0.2, -0.15) is 5.10 Å². The number of methoxy groups -OCH3 is 1. The summed E-state index contributed by atoms with van der Waals surface area (Å²) in [6.45, 7) is 0. The molecule has 0 spiro atoms. The second-order valence-electron chi connectivity index (χ2n) is 2.69. The van der Waals surface area contributed by atoms with Gasteiger partial charge in [-0.3, -0.25) is 5.10 Å². The third kappa shape index (κ3) is 1.31. The normalized spacial score (nSPS) is 10.6. The molecule has 13 heavy (non-hydrogen) atoms. The molecule has 2 aromatic rings. The molecule has 0 aliphatic carbocycles. The maximum absolute atomic E-state index is 5.25. The van der Waals surface area contributed by atoms with E-state index in [1.807, 2.05) is 18.2 Å². The molecule has 0 fully saturated rings. The zero-order valence-electron chi connectivity index (χ0n) is 7.17. The number of aromatic amines is 1. The maximum atomic E-state index is 5.25. The molecule has 1 aromatic heterocycles. The molecule has 2 rings (SSSR count). The van der Waals surface area contributed by atoms with Crippen LogP contribution in [-0.4, -0.2) is 17.3 Å². The van der Waals surface area contributed by atoms with Crippen LogP contribution in [0.3, 0.4) is 0 Å². The van der Waals surface area contributed by atoms with Gasteiger partial charge in [0.05, 0.1) is 23.7 Å². The molecule has 4 heteroatoms. The van der Waals surface area contributed by atoms with E-state index in [0.29, 0.717) is 0 Å². The number of halogens is 1.